The molecule has 2 aliphatic rings. The van der Waals surface area contributed by atoms with E-state index in [0.717, 1.165) is 0 Å². The lowest BCUT2D eigenvalue weighted by atomic mass is 9.70. The van der Waals surface area contributed by atoms with Gasteiger partial charge in [-0.2, -0.15) is 0 Å². The molecule has 0 heterocycles. The van der Waals surface area contributed by atoms with Crippen LogP contribution in [0.25, 0.3) is 54.9 Å². The van der Waals surface area contributed by atoms with Crippen LogP contribution in [0.1, 0.15) is 74.4 Å². The van der Waals surface area contributed by atoms with E-state index in [-0.39, 0.29) is 81.0 Å². The van der Waals surface area contributed by atoms with Crippen molar-refractivity contribution in [1.82, 2.24) is 0 Å². The van der Waals surface area contributed by atoms with Gasteiger partial charge in [-0.1, -0.05) is 133 Å². The van der Waals surface area contributed by atoms with Crippen molar-refractivity contribution in [3.8, 4) is 33.4 Å². The van der Waals surface area contributed by atoms with E-state index in [0.29, 0.717) is 0 Å². The zero-order valence-corrected chi connectivity index (χ0v) is 23.0. The highest BCUT2D eigenvalue weighted by atomic mass is 14.5. The third-order valence-electron chi connectivity index (χ3n) is 8.63. The Morgan fingerprint density at radius 3 is 2.02 bits per heavy atom. The monoisotopic (exact) mass is 586 g/mol. The van der Waals surface area contributed by atoms with Gasteiger partial charge >= 0.3 is 0 Å². The van der Waals surface area contributed by atoms with Crippen LogP contribution in [0.15, 0.2) is 145 Å². The Labute approximate surface area is 293 Å². The van der Waals surface area contributed by atoms with Crippen LogP contribution >= 0.6 is 0 Å². The maximum Gasteiger partial charge on any atom is 0.0636 e. The topological polar surface area (TPSA) is 0 Å². The average molecular weight is 587 g/mol. The quantitative estimate of drug-likeness (QED) is 0.179. The summed E-state index contributed by atoms with van der Waals surface area (Å²) >= 11 is 0. The summed E-state index contributed by atoms with van der Waals surface area (Å²) in [6.45, 7) is 0. The van der Waals surface area contributed by atoms with Crippen LogP contribution in [0, 0.1) is 0 Å². The van der Waals surface area contributed by atoms with Crippen molar-refractivity contribution in [2.75, 3.05) is 0 Å². The maximum absolute atomic E-state index is 9.86. The normalized spacial score (nSPS) is 24.8. The summed E-state index contributed by atoms with van der Waals surface area (Å²) in [5.74, 6) is 0. The minimum Gasteiger partial charge on any atom is -0.0620 e. The Bertz CT molecular complexity index is 3530. The van der Waals surface area contributed by atoms with E-state index in [1.807, 2.05) is 0 Å². The second-order valence-electron chi connectivity index (χ2n) is 10.9. The first-order valence-electron chi connectivity index (χ1n) is 26.2. The molecule has 7 aromatic rings. The lowest BCUT2D eigenvalue weighted by Gasteiger charge is -2.33. The highest BCUT2D eigenvalue weighted by molar-refractivity contribution is 6.00. The molecule has 0 N–H and O–H groups in total. The molecule has 9 rings (SSSR count). The van der Waals surface area contributed by atoms with Crippen molar-refractivity contribution in [1.29, 1.82) is 0 Å². The van der Waals surface area contributed by atoms with Crippen LogP contribution in [0.3, 0.4) is 0 Å². The van der Waals surface area contributed by atoms with Crippen LogP contribution in [0.4, 0.5) is 0 Å². The molecule has 0 saturated carbocycles. The fraction of sp³-hybridized carbons (Fsp3) is 0.136. The van der Waals surface area contributed by atoms with Crippen LogP contribution < -0.4 is 0 Å². The zero-order chi connectivity index (χ0) is 50.0. The van der Waals surface area contributed by atoms with Gasteiger partial charge in [0.15, 0.2) is 0 Å². The highest BCUT2D eigenvalue weighted by Gasteiger charge is 2.42. The third-order valence-corrected chi connectivity index (χ3v) is 8.63. The van der Waals surface area contributed by atoms with Crippen LogP contribution in [-0.4, -0.2) is 0 Å². The minimum atomic E-state index is -1.84. The first-order chi connectivity index (χ1) is 31.8. The van der Waals surface area contributed by atoms with E-state index in [2.05, 4.69) is 0 Å². The second kappa shape index (κ2) is 10.1. The minimum absolute atomic E-state index is 0.0166. The fourth-order valence-electron chi connectivity index (χ4n) is 6.65. The molecule has 0 saturated heterocycles. The summed E-state index contributed by atoms with van der Waals surface area (Å²) < 4.78 is 216. The van der Waals surface area contributed by atoms with Crippen LogP contribution in [-0.2, 0) is 18.3 Å². The molecule has 0 heteroatoms. The van der Waals surface area contributed by atoms with Gasteiger partial charge in [-0.05, 0) is 121 Å². The number of rotatable bonds is 1. The van der Waals surface area contributed by atoms with E-state index < -0.39 is 179 Å². The van der Waals surface area contributed by atoms with Gasteiger partial charge in [0.1, 0.15) is 0 Å². The molecule has 0 radical (unpaired) electrons. The summed E-state index contributed by atoms with van der Waals surface area (Å²) in [5.41, 5.74) is -4.73. The molecule has 0 nitrogen and oxygen atoms in total. The average Bonchev–Trinajstić information content (AvgIpc) is 3.59. The number of aryl methyl sites for hydroxylation is 1. The Kier molecular flexibility index (Phi) is 2.56. The fourth-order valence-corrected chi connectivity index (χ4v) is 6.65. The number of fused-ring (bicyclic) bond motifs is 8. The van der Waals surface area contributed by atoms with Crippen molar-refractivity contribution in [2.45, 2.75) is 37.5 Å². The smallest absolute Gasteiger partial charge is 0.0620 e. The predicted octanol–water partition coefficient (Wildman–Crippen LogP) is 11.6. The van der Waals surface area contributed by atoms with Gasteiger partial charge < -0.3 is 0 Å². The largest absolute Gasteiger partial charge is 0.0636 e. The Morgan fingerprint density at radius 1 is 0.432 bits per heavy atom. The van der Waals surface area contributed by atoms with Crippen molar-refractivity contribution >= 4 is 21.5 Å². The van der Waals surface area contributed by atoms with Gasteiger partial charge in [-0.15, -0.1) is 0 Å². The summed E-state index contributed by atoms with van der Waals surface area (Å²) in [7, 11) is 0. The van der Waals surface area contributed by atoms with Gasteiger partial charge in [0.05, 0.1) is 32.9 Å². The standard InChI is InChI=1S/C44H34/c1-2-12-34-28-35(22-21-30(34)10-1)36-23-24-42-40(29-36)38-18-5-6-20-41(38)44(42)26-9-16-33-14-7-13-32-15-8-19-39(43(32)33)37-17-4-3-11-31(37)25-27-44/h1-8,10-15,17-24,28-29H,9,16,25-27H2/i1D,2D,3D,4D,5D,6D,7D,8D,10D,11D,12D,13D,14D,15D,17D,18D,19D,20D,21D,22D,23D,24D,28D,29D. The molecule has 1 unspecified atom stereocenters. The van der Waals surface area contributed by atoms with Gasteiger partial charge in [0.25, 0.3) is 0 Å². The first-order valence-corrected chi connectivity index (χ1v) is 14.2. The molecule has 2 aliphatic carbocycles. The number of benzene rings is 7. The molecule has 44 heavy (non-hydrogen) atoms. The van der Waals surface area contributed by atoms with Crippen LogP contribution in [0.2, 0.25) is 0 Å². The van der Waals surface area contributed by atoms with Gasteiger partial charge in [-0.25, -0.2) is 0 Å². The first kappa shape index (κ1) is 11.2. The zero-order valence-electron chi connectivity index (χ0n) is 47.0. The highest BCUT2D eigenvalue weighted by Crippen LogP contribution is 2.55. The summed E-state index contributed by atoms with van der Waals surface area (Å²) in [6.07, 6.45) is -1.25. The molecule has 7 aromatic carbocycles. The molecule has 0 aliphatic heterocycles. The summed E-state index contributed by atoms with van der Waals surface area (Å²) in [5, 5.41) is -1.36. The van der Waals surface area contributed by atoms with Gasteiger partial charge in [0, 0.05) is 5.41 Å². The van der Waals surface area contributed by atoms with Gasteiger partial charge in [-0.3, -0.25) is 0 Å². The van der Waals surface area contributed by atoms with Crippen molar-refractivity contribution in [2.24, 2.45) is 0 Å². The molecule has 0 amide bonds. The molecule has 1 spiro atoms. The molecular weight excluding hydrogens is 528 g/mol. The van der Waals surface area contributed by atoms with E-state index in [4.69, 9.17) is 20.6 Å². The lowest BCUT2D eigenvalue weighted by molar-refractivity contribution is 0.432. The molecule has 0 bridgehead atoms. The van der Waals surface area contributed by atoms with E-state index in [1.165, 1.54) is 0 Å². The van der Waals surface area contributed by atoms with E-state index in [9.17, 15) is 12.3 Å². The van der Waals surface area contributed by atoms with E-state index >= 15 is 0 Å². The predicted molar refractivity (Wildman–Crippen MR) is 186 cm³/mol. The summed E-state index contributed by atoms with van der Waals surface area (Å²) in [4.78, 5) is 0. The number of hydrogen-bond acceptors (Lipinski definition) is 0. The lowest BCUT2D eigenvalue weighted by Crippen LogP contribution is -2.26. The SMILES string of the molecule is [2H]c1c([2H])c([2H])c2c(c1[2H])CCC1(CCCc3c([2H])c([2H])c([2H])c4c([2H])c([2H])c([2H])c-2c34)c2c([2H])c([2H])c([2H])c([2H])c2-c2c([2H])c(-c3c([2H])c([2H])c4c([2H])c([2H])c([2H])c([2H])c4c3[2H])c([2H])c([2H])c21. The van der Waals surface area contributed by atoms with Gasteiger partial charge in [0.2, 0.25) is 0 Å². The molecular formula is C44H34. The molecule has 0 fully saturated rings. The van der Waals surface area contributed by atoms with Crippen molar-refractivity contribution in [3.05, 3.63) is 167 Å². The molecule has 1 atom stereocenters. The number of hydrogen-bond donors (Lipinski definition) is 0. The Balaban J connectivity index is 1.44. The van der Waals surface area contributed by atoms with Crippen molar-refractivity contribution in [3.63, 3.8) is 0 Å². The Hall–Kier alpha value is -4.94. The second-order valence-corrected chi connectivity index (χ2v) is 10.9. The molecule has 0 aromatic heterocycles. The van der Waals surface area contributed by atoms with E-state index in [1.54, 1.807) is 0 Å². The maximum atomic E-state index is 9.86. The van der Waals surface area contributed by atoms with Crippen molar-refractivity contribution < 1.29 is 32.9 Å². The summed E-state index contributed by atoms with van der Waals surface area (Å²) in [6, 6.07) is -16.7. The van der Waals surface area contributed by atoms with Crippen LogP contribution in [0.5, 0.6) is 0 Å². The molecule has 210 valence electrons. The Morgan fingerprint density at radius 2 is 1.09 bits per heavy atom. The third kappa shape index (κ3) is 3.91.